The van der Waals surface area contributed by atoms with Crippen molar-refractivity contribution in [1.82, 2.24) is 5.43 Å². The molecule has 0 radical (unpaired) electrons. The number of hydrogen-bond acceptors (Lipinski definition) is 8. The van der Waals surface area contributed by atoms with Crippen molar-refractivity contribution in [2.45, 2.75) is 30.8 Å². The number of thioether (sulfide) groups is 1. The molecular formula is C9H14N4O5S. The molecule has 1 heterocycles. The molecule has 1 aromatic heterocycles. The van der Waals surface area contributed by atoms with Gasteiger partial charge in [-0.2, -0.15) is 0 Å². The number of aromatic nitrogens is 1. The van der Waals surface area contributed by atoms with Gasteiger partial charge in [0, 0.05) is 24.7 Å². The van der Waals surface area contributed by atoms with Gasteiger partial charge < -0.3 is 15.6 Å². The molecule has 0 spiro atoms. The fourth-order valence-electron chi connectivity index (χ4n) is 0.799. The Morgan fingerprint density at radius 1 is 1.47 bits per heavy atom. The molecule has 19 heavy (non-hydrogen) atoms. The van der Waals surface area contributed by atoms with Crippen LogP contribution in [0, 0.1) is 0 Å². The molecule has 10 heteroatoms. The highest BCUT2D eigenvalue weighted by Crippen LogP contribution is 2.08. The molecule has 106 valence electrons. The third-order valence-corrected chi connectivity index (χ3v) is 2.53. The van der Waals surface area contributed by atoms with E-state index in [1.54, 1.807) is 0 Å². The van der Waals surface area contributed by atoms with Crippen LogP contribution in [0.3, 0.4) is 0 Å². The number of hydrazine groups is 1. The summed E-state index contributed by atoms with van der Waals surface area (Å²) in [6.07, 6.45) is -0.208. The summed E-state index contributed by atoms with van der Waals surface area (Å²) in [5.74, 6) is 2.93. The fraction of sp³-hybridized carbons (Fsp3) is 0.444. The Labute approximate surface area is 112 Å². The first kappa shape index (κ1) is 17.2. The van der Waals surface area contributed by atoms with Crippen LogP contribution in [0.5, 0.6) is 0 Å². The number of carbonyl (C=O) groups excluding carboxylic acids is 3. The molecule has 1 aromatic rings. The molecule has 1 rings (SSSR count). The number of nitrogens with two attached hydrogens (primary N) is 2. The standard InChI is InChI=1S/C5H11N3O3.C4H3NO2S/c6-3(5(11)8-7)1-2-4(9)10;1-2(6)8-4-3(7)5-4/h3H,1-2,6-7H2,(H,8,11)(H,9,10);1H3/t3-;/m0./s1. The SMILES string of the molecule is CC(=O)Sc1[nH+]c1=O.NNC(=O)[C@@H](N)CCC(=O)[O-]. The number of carboxylic acid groups (broad SMARTS) is 1. The maximum absolute atomic E-state index is 10.5. The van der Waals surface area contributed by atoms with E-state index in [0.717, 1.165) is 11.8 Å². The zero-order valence-corrected chi connectivity index (χ0v) is 10.9. The number of carboxylic acids is 1. The lowest BCUT2D eigenvalue weighted by atomic mass is 10.1. The summed E-state index contributed by atoms with van der Waals surface area (Å²) in [6.45, 7) is 1.42. The van der Waals surface area contributed by atoms with E-state index < -0.39 is 17.9 Å². The van der Waals surface area contributed by atoms with Gasteiger partial charge >= 0.3 is 10.6 Å². The molecular weight excluding hydrogens is 276 g/mol. The predicted molar refractivity (Wildman–Crippen MR) is 62.7 cm³/mol. The minimum Gasteiger partial charge on any atom is -0.550 e. The average molecular weight is 290 g/mol. The van der Waals surface area contributed by atoms with E-state index in [0.29, 0.717) is 5.03 Å². The Morgan fingerprint density at radius 2 is 2.00 bits per heavy atom. The van der Waals surface area contributed by atoms with Gasteiger partial charge in [-0.15, -0.1) is 4.98 Å². The van der Waals surface area contributed by atoms with Crippen molar-refractivity contribution in [3.05, 3.63) is 10.4 Å². The van der Waals surface area contributed by atoms with Gasteiger partial charge in [-0.25, -0.2) is 10.6 Å². The van der Waals surface area contributed by atoms with Crippen LogP contribution in [0.15, 0.2) is 9.82 Å². The first-order valence-electron chi connectivity index (χ1n) is 5.10. The number of rotatable bonds is 5. The Balaban J connectivity index is 0.000000356. The van der Waals surface area contributed by atoms with Crippen LogP contribution in [-0.4, -0.2) is 23.0 Å². The molecule has 0 aliphatic carbocycles. The van der Waals surface area contributed by atoms with Gasteiger partial charge in [0.2, 0.25) is 0 Å². The smallest absolute Gasteiger partial charge is 0.490 e. The summed E-state index contributed by atoms with van der Waals surface area (Å²) in [7, 11) is 0. The van der Waals surface area contributed by atoms with Crippen molar-refractivity contribution < 1.29 is 24.5 Å². The molecule has 1 amide bonds. The Bertz CT molecular complexity index is 468. The summed E-state index contributed by atoms with van der Waals surface area (Å²) in [5, 5.41) is 10.3. The maximum atomic E-state index is 10.5. The van der Waals surface area contributed by atoms with Crippen LogP contribution >= 0.6 is 11.8 Å². The average Bonchev–Trinajstić information content (AvgIpc) is 3.00. The second-order valence-electron chi connectivity index (χ2n) is 3.40. The van der Waals surface area contributed by atoms with Crippen molar-refractivity contribution in [3.8, 4) is 0 Å². The van der Waals surface area contributed by atoms with Gasteiger partial charge in [-0.05, 0) is 12.8 Å². The summed E-state index contributed by atoms with van der Waals surface area (Å²) >= 11 is 0.946. The van der Waals surface area contributed by atoms with E-state index in [4.69, 9.17) is 11.6 Å². The molecule has 0 saturated carbocycles. The van der Waals surface area contributed by atoms with Crippen molar-refractivity contribution in [1.29, 1.82) is 0 Å². The van der Waals surface area contributed by atoms with Crippen LogP contribution in [0.4, 0.5) is 0 Å². The van der Waals surface area contributed by atoms with E-state index in [9.17, 15) is 24.3 Å². The number of H-pyrrole nitrogens is 1. The topological polar surface area (TPSA) is 170 Å². The largest absolute Gasteiger partial charge is 0.550 e. The van der Waals surface area contributed by atoms with Crippen molar-refractivity contribution in [2.75, 3.05) is 0 Å². The quantitative estimate of drug-likeness (QED) is 0.214. The van der Waals surface area contributed by atoms with Crippen LogP contribution in [0.25, 0.3) is 0 Å². The lowest BCUT2D eigenvalue weighted by Crippen LogP contribution is -2.44. The van der Waals surface area contributed by atoms with Gasteiger partial charge in [0.25, 0.3) is 5.91 Å². The van der Waals surface area contributed by atoms with E-state index >= 15 is 0 Å². The van der Waals surface area contributed by atoms with Crippen LogP contribution in [-0.2, 0) is 14.4 Å². The molecule has 6 N–H and O–H groups in total. The summed E-state index contributed by atoms with van der Waals surface area (Å²) in [4.78, 5) is 43.1. The molecule has 0 bridgehead atoms. The summed E-state index contributed by atoms with van der Waals surface area (Å²) in [5.41, 5.74) is 6.88. The van der Waals surface area contributed by atoms with Crippen LogP contribution in [0.2, 0.25) is 0 Å². The highest BCUT2D eigenvalue weighted by Gasteiger charge is 2.25. The number of aliphatic carboxylic acids is 1. The second kappa shape index (κ2) is 8.34. The number of aromatic amines is 1. The monoisotopic (exact) mass is 290 g/mol. The van der Waals surface area contributed by atoms with Crippen LogP contribution in [0.1, 0.15) is 19.8 Å². The Hall–Kier alpha value is -1.78. The van der Waals surface area contributed by atoms with Crippen molar-refractivity contribution >= 4 is 28.8 Å². The highest BCUT2D eigenvalue weighted by molar-refractivity contribution is 8.13. The second-order valence-corrected chi connectivity index (χ2v) is 4.59. The molecule has 0 aromatic carbocycles. The summed E-state index contributed by atoms with van der Waals surface area (Å²) in [6, 6.07) is -0.877. The number of hydrogen-bond donors (Lipinski definition) is 3. The van der Waals surface area contributed by atoms with Gasteiger partial charge in [-0.3, -0.25) is 15.0 Å². The Kier molecular flexibility index (Phi) is 7.56. The Morgan fingerprint density at radius 3 is 2.26 bits per heavy atom. The van der Waals surface area contributed by atoms with Crippen molar-refractivity contribution in [2.24, 2.45) is 11.6 Å². The summed E-state index contributed by atoms with van der Waals surface area (Å²) < 4.78 is 0. The fourth-order valence-corrected chi connectivity index (χ4v) is 1.32. The van der Waals surface area contributed by atoms with Gasteiger partial charge in [0.05, 0.1) is 6.04 Å². The van der Waals surface area contributed by atoms with E-state index in [1.165, 1.54) is 6.92 Å². The molecule has 0 saturated heterocycles. The minimum atomic E-state index is -1.23. The van der Waals surface area contributed by atoms with Crippen molar-refractivity contribution in [3.63, 3.8) is 0 Å². The van der Waals surface area contributed by atoms with Gasteiger partial charge in [-0.1, -0.05) is 0 Å². The van der Waals surface area contributed by atoms with Gasteiger partial charge in [0.15, 0.2) is 5.12 Å². The maximum Gasteiger partial charge on any atom is 0.490 e. The first-order chi connectivity index (χ1) is 8.77. The molecule has 1 atom stereocenters. The third kappa shape index (κ3) is 8.88. The number of nitrogens with one attached hydrogen (secondary N) is 2. The van der Waals surface area contributed by atoms with Gasteiger partial charge in [0.1, 0.15) is 0 Å². The predicted octanol–water partition coefficient (Wildman–Crippen LogP) is -3.79. The molecule has 9 nitrogen and oxygen atoms in total. The van der Waals surface area contributed by atoms with E-state index in [2.05, 4.69) is 4.98 Å². The number of carbonyl (C=O) groups is 3. The zero-order chi connectivity index (χ0) is 15.0. The van der Waals surface area contributed by atoms with E-state index in [1.807, 2.05) is 5.43 Å². The minimum absolute atomic E-state index is 0.0331. The van der Waals surface area contributed by atoms with E-state index in [-0.39, 0.29) is 23.5 Å². The highest BCUT2D eigenvalue weighted by atomic mass is 32.2. The molecule has 0 unspecified atom stereocenters. The third-order valence-electron chi connectivity index (χ3n) is 1.76. The zero-order valence-electron chi connectivity index (χ0n) is 10.1. The van der Waals surface area contributed by atoms with Crippen LogP contribution < -0.4 is 32.7 Å². The molecule has 0 aliphatic rings. The lowest BCUT2D eigenvalue weighted by Gasteiger charge is -2.08. The molecule has 0 aliphatic heterocycles. The lowest BCUT2D eigenvalue weighted by molar-refractivity contribution is -0.342. The normalized spacial score (nSPS) is 11.3. The number of amides is 1. The molecule has 0 fully saturated rings. The first-order valence-corrected chi connectivity index (χ1v) is 5.92.